The molecule has 0 unspecified atom stereocenters. The monoisotopic (exact) mass is 730 g/mol. The number of carboxylic acids is 1. The van der Waals surface area contributed by atoms with Crippen molar-refractivity contribution in [2.24, 2.45) is 5.41 Å². The van der Waals surface area contributed by atoms with Gasteiger partial charge in [0.1, 0.15) is 5.75 Å². The molecule has 0 spiro atoms. The van der Waals surface area contributed by atoms with Crippen LogP contribution in [0.25, 0.3) is 11.1 Å². The van der Waals surface area contributed by atoms with Crippen molar-refractivity contribution < 1.29 is 27.6 Å². The van der Waals surface area contributed by atoms with Crippen molar-refractivity contribution in [3.63, 3.8) is 0 Å². The number of anilines is 2. The highest BCUT2D eigenvalue weighted by Gasteiger charge is 2.40. The third kappa shape index (κ3) is 9.10. The molecule has 2 heterocycles. The number of hydrogen-bond acceptors (Lipinski definition) is 7. The molecule has 2 aromatic carbocycles. The van der Waals surface area contributed by atoms with E-state index >= 15 is 0 Å². The van der Waals surface area contributed by atoms with Crippen molar-refractivity contribution in [1.82, 2.24) is 0 Å². The second-order valence-corrected chi connectivity index (χ2v) is 17.8. The molecule has 2 aliphatic rings. The largest absolute Gasteiger partial charge is 0.507 e. The fraction of sp³-hybridized carbons (Fsp3) is 0.465. The molecule has 2 N–H and O–H groups in total. The van der Waals surface area contributed by atoms with Gasteiger partial charge in [0.05, 0.1) is 17.5 Å². The number of unbranched alkanes of at least 4 members (excludes halogenated alkanes) is 2. The van der Waals surface area contributed by atoms with Crippen molar-refractivity contribution in [1.29, 1.82) is 0 Å². The highest BCUT2D eigenvalue weighted by molar-refractivity contribution is 7.86. The van der Waals surface area contributed by atoms with Gasteiger partial charge in [-0.15, -0.1) is 0 Å². The molecule has 0 radical (unpaired) electrons. The second-order valence-electron chi connectivity index (χ2n) is 16.1. The molecular weight excluding hydrogens is 673 g/mol. The van der Waals surface area contributed by atoms with Crippen molar-refractivity contribution in [2.45, 2.75) is 110 Å². The van der Waals surface area contributed by atoms with Crippen molar-refractivity contribution in [3.05, 3.63) is 95.3 Å². The number of aliphatic carboxylic acids is 1. The lowest BCUT2D eigenvalue weighted by Gasteiger charge is -2.43. The van der Waals surface area contributed by atoms with Gasteiger partial charge < -0.3 is 20.0 Å². The Hall–Kier alpha value is -4.08. The molecule has 9 heteroatoms. The molecule has 0 saturated heterocycles. The summed E-state index contributed by atoms with van der Waals surface area (Å²) < 4.78 is 30.0. The molecule has 0 bridgehead atoms. The fourth-order valence-electron chi connectivity index (χ4n) is 7.35. The van der Waals surface area contributed by atoms with E-state index in [0.29, 0.717) is 13.0 Å². The molecule has 282 valence electrons. The quantitative estimate of drug-likeness (QED) is 0.112. The lowest BCUT2D eigenvalue weighted by Crippen LogP contribution is -2.44. The summed E-state index contributed by atoms with van der Waals surface area (Å²) in [6.45, 7) is 20.9. The average Bonchev–Trinajstić information content (AvgIpc) is 3.26. The summed E-state index contributed by atoms with van der Waals surface area (Å²) in [5, 5.41) is 20.5. The van der Waals surface area contributed by atoms with Gasteiger partial charge in [0, 0.05) is 59.2 Å². The zero-order valence-electron chi connectivity index (χ0n) is 32.7. The van der Waals surface area contributed by atoms with Crippen LogP contribution in [0.5, 0.6) is 5.75 Å². The first-order chi connectivity index (χ1) is 24.2. The first kappa shape index (κ1) is 40.7. The number of carbonyl (C=O) groups is 1. The van der Waals surface area contributed by atoms with Crippen LogP contribution in [-0.2, 0) is 24.5 Å². The summed E-state index contributed by atoms with van der Waals surface area (Å²) in [6, 6.07) is 9.13. The van der Waals surface area contributed by atoms with Gasteiger partial charge in [0.25, 0.3) is 10.1 Å². The van der Waals surface area contributed by atoms with E-state index in [0.717, 1.165) is 72.3 Å². The van der Waals surface area contributed by atoms with E-state index in [2.05, 4.69) is 96.4 Å². The van der Waals surface area contributed by atoms with Gasteiger partial charge in [-0.2, -0.15) is 8.42 Å². The molecule has 0 saturated carbocycles. The standard InChI is InChI=1S/C43H58N2O6S/c1-11-45-37-28-38(46)34(27-33(37)30(2)29-42(45,6)7)31(23-24-41(3,4)5)18-14-12-15-19-39-43(8,9)35-26-32(52(49,50)51-10)21-22-36(35)44(39)25-17-13-16-20-40(47)48/h12,14-15,18-19,21-23,26-29,46H,11,13,16-17,20,24-25H2,1-10H3,(H,47,48)/b15-12+,18-14+,31-23-,39-19-. The molecular formula is C43H58N2O6S. The van der Waals surface area contributed by atoms with E-state index in [4.69, 9.17) is 9.29 Å². The first-order valence-electron chi connectivity index (χ1n) is 18.3. The van der Waals surface area contributed by atoms with Gasteiger partial charge in [0.15, 0.2) is 0 Å². The number of likely N-dealkylation sites (N-methyl/N-ethyl adjacent to an activating group) is 1. The van der Waals surface area contributed by atoms with Crippen molar-refractivity contribution in [2.75, 3.05) is 30.0 Å². The van der Waals surface area contributed by atoms with E-state index < -0.39 is 21.5 Å². The normalized spacial score (nSPS) is 18.0. The van der Waals surface area contributed by atoms with Crippen LogP contribution in [0.15, 0.2) is 83.5 Å². The van der Waals surface area contributed by atoms with E-state index in [-0.39, 0.29) is 28.0 Å². The predicted molar refractivity (Wildman–Crippen MR) is 214 cm³/mol. The smallest absolute Gasteiger partial charge is 0.303 e. The second kappa shape index (κ2) is 15.9. The van der Waals surface area contributed by atoms with Crippen LogP contribution in [0.3, 0.4) is 0 Å². The van der Waals surface area contributed by atoms with Crippen LogP contribution in [-0.4, -0.2) is 50.3 Å². The lowest BCUT2D eigenvalue weighted by atomic mass is 9.83. The van der Waals surface area contributed by atoms with Crippen molar-refractivity contribution in [3.8, 4) is 5.75 Å². The Bertz CT molecular complexity index is 1920. The maximum atomic E-state index is 12.6. The summed E-state index contributed by atoms with van der Waals surface area (Å²) in [5.74, 6) is -0.548. The molecule has 0 fully saturated rings. The van der Waals surface area contributed by atoms with Crippen LogP contribution in [0.4, 0.5) is 11.4 Å². The highest BCUT2D eigenvalue weighted by Crippen LogP contribution is 2.49. The highest BCUT2D eigenvalue weighted by atomic mass is 32.2. The van der Waals surface area contributed by atoms with Gasteiger partial charge in [-0.25, -0.2) is 0 Å². The molecule has 0 aliphatic carbocycles. The van der Waals surface area contributed by atoms with Crippen LogP contribution in [0.1, 0.15) is 111 Å². The van der Waals surface area contributed by atoms with Gasteiger partial charge in [-0.05, 0) is 99.4 Å². The fourth-order valence-corrected chi connectivity index (χ4v) is 8.03. The van der Waals surface area contributed by atoms with Crippen LogP contribution < -0.4 is 9.80 Å². The number of hydrogen-bond donors (Lipinski definition) is 2. The molecule has 2 aromatic rings. The maximum absolute atomic E-state index is 12.6. The number of aromatic hydroxyl groups is 1. The Labute approximate surface area is 312 Å². The zero-order valence-corrected chi connectivity index (χ0v) is 33.5. The molecule has 2 aliphatic heterocycles. The third-order valence-corrected chi connectivity index (χ3v) is 11.3. The topological polar surface area (TPSA) is 107 Å². The predicted octanol–water partition coefficient (Wildman–Crippen LogP) is 10.0. The number of phenolic OH excluding ortho intramolecular Hbond substituents is 1. The Balaban J connectivity index is 1.69. The van der Waals surface area contributed by atoms with E-state index in [1.807, 2.05) is 36.4 Å². The molecule has 0 amide bonds. The maximum Gasteiger partial charge on any atom is 0.303 e. The number of allylic oxidation sites excluding steroid dienone is 9. The molecule has 8 nitrogen and oxygen atoms in total. The number of fused-ring (bicyclic) bond motifs is 2. The number of benzene rings is 2. The average molecular weight is 731 g/mol. The van der Waals surface area contributed by atoms with Gasteiger partial charge >= 0.3 is 5.97 Å². The number of nitrogens with zero attached hydrogens (tertiary/aromatic N) is 2. The zero-order chi connectivity index (χ0) is 38.6. The molecule has 0 aromatic heterocycles. The summed E-state index contributed by atoms with van der Waals surface area (Å²) in [4.78, 5) is 15.7. The summed E-state index contributed by atoms with van der Waals surface area (Å²) in [6.07, 6.45) is 17.7. The van der Waals surface area contributed by atoms with E-state index in [1.165, 1.54) is 5.57 Å². The third-order valence-electron chi connectivity index (χ3n) is 10.1. The minimum absolute atomic E-state index is 0.0601. The van der Waals surface area contributed by atoms with Crippen LogP contribution >= 0.6 is 0 Å². The number of carboxylic acid groups (broad SMARTS) is 1. The Morgan fingerprint density at radius 1 is 0.981 bits per heavy atom. The van der Waals surface area contributed by atoms with E-state index in [1.54, 1.807) is 12.1 Å². The minimum atomic E-state index is -3.87. The summed E-state index contributed by atoms with van der Waals surface area (Å²) >= 11 is 0. The minimum Gasteiger partial charge on any atom is -0.507 e. The molecule has 4 rings (SSSR count). The van der Waals surface area contributed by atoms with Crippen molar-refractivity contribution >= 4 is 38.6 Å². The van der Waals surface area contributed by atoms with Gasteiger partial charge in [-0.1, -0.05) is 77.5 Å². The molecule has 0 atom stereocenters. The lowest BCUT2D eigenvalue weighted by molar-refractivity contribution is -0.137. The van der Waals surface area contributed by atoms with Gasteiger partial charge in [0.2, 0.25) is 0 Å². The number of rotatable bonds is 14. The van der Waals surface area contributed by atoms with Gasteiger partial charge in [-0.3, -0.25) is 8.98 Å². The van der Waals surface area contributed by atoms with Crippen LogP contribution in [0.2, 0.25) is 0 Å². The van der Waals surface area contributed by atoms with E-state index in [9.17, 15) is 18.3 Å². The number of phenols is 1. The van der Waals surface area contributed by atoms with Crippen LogP contribution in [0, 0.1) is 5.41 Å². The Morgan fingerprint density at radius 2 is 1.69 bits per heavy atom. The molecule has 52 heavy (non-hydrogen) atoms. The summed E-state index contributed by atoms with van der Waals surface area (Å²) in [7, 11) is -2.71. The SMILES string of the molecule is CCN1c2cc(O)c(C(=C\CC(C)(C)C)/C=C/C=C/C=C3\N(CCCCCC(=O)O)c4ccc(S(=O)(=O)OC)cc4C3(C)C)cc2C(C)=CC1(C)C. The first-order valence-corrected chi connectivity index (χ1v) is 19.7. The Kier molecular flexibility index (Phi) is 12.4. The summed E-state index contributed by atoms with van der Waals surface area (Å²) in [5.41, 5.74) is 7.30. The Morgan fingerprint density at radius 3 is 2.33 bits per heavy atom.